The van der Waals surface area contributed by atoms with E-state index in [9.17, 15) is 4.79 Å². The Labute approximate surface area is 156 Å². The summed E-state index contributed by atoms with van der Waals surface area (Å²) in [6.07, 6.45) is 2.12. The van der Waals surface area contributed by atoms with Crippen LogP contribution in [0.15, 0.2) is 41.1 Å². The van der Waals surface area contributed by atoms with Crippen LogP contribution in [0.4, 0.5) is 5.82 Å². The van der Waals surface area contributed by atoms with Crippen molar-refractivity contribution < 1.29 is 4.79 Å². The van der Waals surface area contributed by atoms with E-state index in [0.29, 0.717) is 18.3 Å². The zero-order valence-electron chi connectivity index (χ0n) is 14.2. The molecule has 1 aromatic carbocycles. The molecule has 2 aliphatic heterocycles. The van der Waals surface area contributed by atoms with Crippen molar-refractivity contribution in [2.75, 3.05) is 31.1 Å². The number of rotatable bonds is 3. The Bertz CT molecular complexity index is 765. The van der Waals surface area contributed by atoms with Gasteiger partial charge in [-0.05, 0) is 24.6 Å². The van der Waals surface area contributed by atoms with Crippen LogP contribution in [0.1, 0.15) is 11.3 Å². The monoisotopic (exact) mass is 400 g/mol. The number of fused-ring (bicyclic) bond motifs is 1. The van der Waals surface area contributed by atoms with Gasteiger partial charge >= 0.3 is 0 Å². The van der Waals surface area contributed by atoms with E-state index < -0.39 is 0 Å². The lowest BCUT2D eigenvalue weighted by Crippen LogP contribution is -2.34. The summed E-state index contributed by atoms with van der Waals surface area (Å²) >= 11 is 3.43. The van der Waals surface area contributed by atoms with E-state index in [-0.39, 0.29) is 5.91 Å². The first-order chi connectivity index (χ1) is 12.1. The molecule has 2 saturated heterocycles. The van der Waals surface area contributed by atoms with Gasteiger partial charge in [0.1, 0.15) is 12.1 Å². The van der Waals surface area contributed by atoms with Crippen molar-refractivity contribution in [2.45, 2.75) is 13.3 Å². The van der Waals surface area contributed by atoms with E-state index in [2.05, 4.69) is 30.8 Å². The molecule has 1 aromatic heterocycles. The summed E-state index contributed by atoms with van der Waals surface area (Å²) in [5.41, 5.74) is 2.07. The number of hydrogen-bond acceptors (Lipinski definition) is 4. The predicted octanol–water partition coefficient (Wildman–Crippen LogP) is 2.68. The standard InChI is InChI=1S/C19H21BrN4O/c1-13-6-18(22-12-21-13)23-8-15-10-24(11-16(15)9-23)19(25)7-14-2-4-17(20)5-3-14/h2-6,12,15-16H,7-11H2,1H3. The maximum Gasteiger partial charge on any atom is 0.227 e. The van der Waals surface area contributed by atoms with Crippen LogP contribution in [0, 0.1) is 18.8 Å². The van der Waals surface area contributed by atoms with Gasteiger partial charge in [0.05, 0.1) is 6.42 Å². The molecule has 25 heavy (non-hydrogen) atoms. The van der Waals surface area contributed by atoms with E-state index >= 15 is 0 Å². The van der Waals surface area contributed by atoms with E-state index in [1.165, 1.54) is 0 Å². The smallest absolute Gasteiger partial charge is 0.227 e. The van der Waals surface area contributed by atoms with Crippen LogP contribution in [0.2, 0.25) is 0 Å². The van der Waals surface area contributed by atoms with Crippen molar-refractivity contribution in [1.82, 2.24) is 14.9 Å². The Kier molecular flexibility index (Phi) is 4.46. The molecular formula is C19H21BrN4O. The zero-order valence-corrected chi connectivity index (χ0v) is 15.8. The minimum Gasteiger partial charge on any atom is -0.356 e. The molecule has 0 N–H and O–H groups in total. The van der Waals surface area contributed by atoms with Crippen LogP contribution in [0.3, 0.4) is 0 Å². The average molecular weight is 401 g/mol. The Morgan fingerprint density at radius 2 is 1.80 bits per heavy atom. The number of anilines is 1. The summed E-state index contributed by atoms with van der Waals surface area (Å²) in [4.78, 5) is 25.5. The summed E-state index contributed by atoms with van der Waals surface area (Å²) in [5.74, 6) is 2.34. The highest BCUT2D eigenvalue weighted by Crippen LogP contribution is 2.33. The minimum atomic E-state index is 0.237. The number of amides is 1. The maximum atomic E-state index is 12.6. The summed E-state index contributed by atoms with van der Waals surface area (Å²) in [6.45, 7) is 5.66. The maximum absolute atomic E-state index is 12.6. The van der Waals surface area contributed by atoms with Gasteiger partial charge in [0.15, 0.2) is 0 Å². The molecule has 1 amide bonds. The molecule has 0 bridgehead atoms. The van der Waals surface area contributed by atoms with Crippen molar-refractivity contribution in [3.63, 3.8) is 0 Å². The van der Waals surface area contributed by atoms with Crippen molar-refractivity contribution in [3.8, 4) is 0 Å². The molecule has 0 aliphatic carbocycles. The lowest BCUT2D eigenvalue weighted by molar-refractivity contribution is -0.129. The van der Waals surface area contributed by atoms with Gasteiger partial charge < -0.3 is 9.80 Å². The molecule has 2 aliphatic rings. The largest absolute Gasteiger partial charge is 0.356 e. The highest BCUT2D eigenvalue weighted by Gasteiger charge is 2.41. The first kappa shape index (κ1) is 16.5. The predicted molar refractivity (Wildman–Crippen MR) is 100 cm³/mol. The molecule has 3 heterocycles. The van der Waals surface area contributed by atoms with Gasteiger partial charge in [-0.1, -0.05) is 28.1 Å². The Hall–Kier alpha value is -1.95. The molecule has 2 fully saturated rings. The average Bonchev–Trinajstić information content (AvgIpc) is 3.16. The van der Waals surface area contributed by atoms with Gasteiger partial charge in [-0.25, -0.2) is 9.97 Å². The van der Waals surface area contributed by atoms with Gasteiger partial charge in [0.2, 0.25) is 5.91 Å². The molecule has 0 radical (unpaired) electrons. The van der Waals surface area contributed by atoms with Gasteiger partial charge in [-0.3, -0.25) is 4.79 Å². The van der Waals surface area contributed by atoms with E-state index in [4.69, 9.17) is 0 Å². The second-order valence-corrected chi connectivity index (χ2v) is 7.96. The van der Waals surface area contributed by atoms with Crippen LogP contribution < -0.4 is 4.90 Å². The first-order valence-electron chi connectivity index (χ1n) is 8.64. The fraction of sp³-hybridized carbons (Fsp3) is 0.421. The summed E-state index contributed by atoms with van der Waals surface area (Å²) in [7, 11) is 0. The van der Waals surface area contributed by atoms with Crippen LogP contribution in [-0.2, 0) is 11.2 Å². The van der Waals surface area contributed by atoms with E-state index in [0.717, 1.165) is 47.7 Å². The molecule has 6 heteroatoms. The molecule has 130 valence electrons. The molecule has 2 atom stereocenters. The normalized spacial score (nSPS) is 22.3. The van der Waals surface area contributed by atoms with Crippen molar-refractivity contribution in [3.05, 3.63) is 52.4 Å². The fourth-order valence-electron chi connectivity index (χ4n) is 3.89. The second-order valence-electron chi connectivity index (χ2n) is 7.04. The van der Waals surface area contributed by atoms with E-state index in [1.54, 1.807) is 6.33 Å². The Morgan fingerprint density at radius 1 is 1.12 bits per heavy atom. The SMILES string of the molecule is Cc1cc(N2CC3CN(C(=O)Cc4ccc(Br)cc4)CC3C2)ncn1. The number of halogens is 1. The van der Waals surface area contributed by atoms with Gasteiger partial charge in [-0.15, -0.1) is 0 Å². The first-order valence-corrected chi connectivity index (χ1v) is 9.43. The van der Waals surface area contributed by atoms with Crippen LogP contribution >= 0.6 is 15.9 Å². The van der Waals surface area contributed by atoms with Gasteiger partial charge in [-0.2, -0.15) is 0 Å². The van der Waals surface area contributed by atoms with Gasteiger partial charge in [0.25, 0.3) is 0 Å². The van der Waals surface area contributed by atoms with Crippen molar-refractivity contribution >= 4 is 27.7 Å². The van der Waals surface area contributed by atoms with Crippen LogP contribution in [0.25, 0.3) is 0 Å². The van der Waals surface area contributed by atoms with Crippen LogP contribution in [0.5, 0.6) is 0 Å². The van der Waals surface area contributed by atoms with Gasteiger partial charge in [0, 0.05) is 54.2 Å². The topological polar surface area (TPSA) is 49.3 Å². The van der Waals surface area contributed by atoms with Crippen molar-refractivity contribution in [2.24, 2.45) is 11.8 Å². The molecule has 4 rings (SSSR count). The molecule has 0 saturated carbocycles. The number of aromatic nitrogens is 2. The number of carbonyl (C=O) groups is 1. The Morgan fingerprint density at radius 3 is 2.44 bits per heavy atom. The lowest BCUT2D eigenvalue weighted by Gasteiger charge is -2.22. The number of aryl methyl sites for hydroxylation is 1. The number of hydrogen-bond donors (Lipinski definition) is 0. The number of carbonyl (C=O) groups excluding carboxylic acids is 1. The second kappa shape index (κ2) is 6.75. The molecule has 5 nitrogen and oxygen atoms in total. The molecule has 0 spiro atoms. The highest BCUT2D eigenvalue weighted by molar-refractivity contribution is 9.10. The fourth-order valence-corrected chi connectivity index (χ4v) is 4.15. The summed E-state index contributed by atoms with van der Waals surface area (Å²) in [5, 5.41) is 0. The molecular weight excluding hydrogens is 380 g/mol. The minimum absolute atomic E-state index is 0.237. The molecule has 2 aromatic rings. The number of nitrogens with zero attached hydrogens (tertiary/aromatic N) is 4. The Balaban J connectivity index is 1.36. The summed E-state index contributed by atoms with van der Waals surface area (Å²) in [6, 6.07) is 10.0. The lowest BCUT2D eigenvalue weighted by atomic mass is 10.0. The zero-order chi connectivity index (χ0) is 17.4. The number of benzene rings is 1. The van der Waals surface area contributed by atoms with Crippen molar-refractivity contribution in [1.29, 1.82) is 0 Å². The number of likely N-dealkylation sites (tertiary alicyclic amines) is 1. The third kappa shape index (κ3) is 3.54. The highest BCUT2D eigenvalue weighted by atomic mass is 79.9. The van der Waals surface area contributed by atoms with Crippen LogP contribution in [-0.4, -0.2) is 47.0 Å². The third-order valence-corrected chi connectivity index (χ3v) is 5.75. The third-order valence-electron chi connectivity index (χ3n) is 5.22. The summed E-state index contributed by atoms with van der Waals surface area (Å²) < 4.78 is 1.04. The quantitative estimate of drug-likeness (QED) is 0.794. The molecule has 2 unspecified atom stereocenters. The van der Waals surface area contributed by atoms with E-state index in [1.807, 2.05) is 42.2 Å².